The molecule has 26 heteroatoms. The number of rotatable bonds is 21. The Labute approximate surface area is 327 Å². The van der Waals surface area contributed by atoms with E-state index in [2.05, 4.69) is 30.3 Å². The topological polar surface area (TPSA) is 346 Å². The molecule has 2 aliphatic rings. The van der Waals surface area contributed by atoms with Crippen LogP contribution in [-0.2, 0) is 57.6 Å². The molecule has 24 nitrogen and oxygen atoms in total. The fourth-order valence-electron chi connectivity index (χ4n) is 5.68. The molecule has 0 aliphatic carbocycles. The maximum absolute atomic E-state index is 12.6. The number of aromatic nitrogens is 2. The Morgan fingerprint density at radius 2 is 1.48 bits per heavy atom. The van der Waals surface area contributed by atoms with E-state index in [1.807, 2.05) is 41.4 Å². The number of H-pyrrole nitrogens is 1. The normalized spacial score (nSPS) is 28.2. The molecular formula is C32H44N4O20P2. The number of carbonyl (C=O) groups is 1. The number of carbonyl (C=O) groups excluding carboxylic acids is 1. The molecule has 1 amide bonds. The quantitative estimate of drug-likeness (QED) is 0.0294. The minimum Gasteiger partial charge on any atom is -0.388 e. The van der Waals surface area contributed by atoms with Crippen LogP contribution < -0.4 is 22.1 Å². The lowest BCUT2D eigenvalue weighted by Gasteiger charge is -2.40. The molecule has 322 valence electrons. The summed E-state index contributed by atoms with van der Waals surface area (Å²) in [5.74, 6) is -0.671. The van der Waals surface area contributed by atoms with Gasteiger partial charge in [-0.25, -0.2) is 19.4 Å². The zero-order chi connectivity index (χ0) is 42.0. The molecule has 11 atom stereocenters. The van der Waals surface area contributed by atoms with E-state index < -0.39 is 108 Å². The molecule has 0 spiro atoms. The third-order valence-corrected chi connectivity index (χ3v) is 11.2. The minimum absolute atomic E-state index is 0.0708. The minimum atomic E-state index is -5.71. The number of phosphoric acid groups is 2. The van der Waals surface area contributed by atoms with Gasteiger partial charge < -0.3 is 59.0 Å². The molecule has 2 aliphatic heterocycles. The van der Waals surface area contributed by atoms with E-state index >= 15 is 0 Å². The number of phosphoric ester groups is 2. The molecular weight excluding hydrogens is 822 g/mol. The number of fused-ring (bicyclic) bond motifs is 1. The summed E-state index contributed by atoms with van der Waals surface area (Å²) in [4.78, 5) is 57.7. The summed E-state index contributed by atoms with van der Waals surface area (Å²) in [7, 11) is -11.3. The van der Waals surface area contributed by atoms with Gasteiger partial charge in [-0.3, -0.25) is 33.6 Å². The van der Waals surface area contributed by atoms with Gasteiger partial charge in [0.15, 0.2) is 12.5 Å². The van der Waals surface area contributed by atoms with Gasteiger partial charge in [-0.1, -0.05) is 36.4 Å². The van der Waals surface area contributed by atoms with Gasteiger partial charge in [0.05, 0.1) is 39.6 Å². The smallest absolute Gasteiger partial charge is 0.388 e. The van der Waals surface area contributed by atoms with Gasteiger partial charge in [-0.05, 0) is 22.4 Å². The predicted octanol–water partition coefficient (Wildman–Crippen LogP) is -2.76. The van der Waals surface area contributed by atoms with E-state index in [0.29, 0.717) is 19.8 Å². The predicted molar refractivity (Wildman–Crippen MR) is 193 cm³/mol. The Balaban J connectivity index is 0.971. The average Bonchev–Trinajstić information content (AvgIpc) is 3.45. The number of hydrogen-bond acceptors (Lipinski definition) is 19. The van der Waals surface area contributed by atoms with Crippen LogP contribution in [0.25, 0.3) is 10.8 Å². The maximum Gasteiger partial charge on any atom is 0.483 e. The summed E-state index contributed by atoms with van der Waals surface area (Å²) in [5.41, 5.74) is 3.88. The molecule has 2 fully saturated rings. The zero-order valence-electron chi connectivity index (χ0n) is 30.3. The van der Waals surface area contributed by atoms with Crippen LogP contribution in [0, 0.1) is 0 Å². The summed E-state index contributed by atoms with van der Waals surface area (Å²) in [6.45, 7) is -0.647. The summed E-state index contributed by atoms with van der Waals surface area (Å²) < 4.78 is 66.2. The second-order valence-electron chi connectivity index (χ2n) is 12.8. The van der Waals surface area contributed by atoms with E-state index in [1.165, 1.54) is 0 Å². The second-order valence-corrected chi connectivity index (χ2v) is 15.8. The van der Waals surface area contributed by atoms with Crippen LogP contribution >= 0.6 is 15.6 Å². The SMILES string of the molecule is O=C(COCCOCCOCc1ccc2ccccc2c1)NNC[C@@H]1O[C@H](OP(=O)(O)OP(=O)(O)OC[C@H]2O[C@@H](n3ccc(=O)[nH]c3=O)[C@H](O)[C@@H]2O)[C@@H](O)[C@@H](O)[C@H]1O. The summed E-state index contributed by atoms with van der Waals surface area (Å²) >= 11 is 0. The highest BCUT2D eigenvalue weighted by Crippen LogP contribution is 2.61. The number of nitrogens with one attached hydrogen (secondary N) is 3. The van der Waals surface area contributed by atoms with Crippen LogP contribution in [0.3, 0.4) is 0 Å². The first-order chi connectivity index (χ1) is 27.5. The number of nitrogens with zero attached hydrogens (tertiary/aromatic N) is 1. The van der Waals surface area contributed by atoms with Crippen LogP contribution in [0.2, 0.25) is 0 Å². The molecule has 2 unspecified atom stereocenters. The molecule has 2 aromatic carbocycles. The molecule has 0 bridgehead atoms. The van der Waals surface area contributed by atoms with Crippen molar-refractivity contribution in [1.82, 2.24) is 20.4 Å². The molecule has 0 radical (unpaired) electrons. The summed E-state index contributed by atoms with van der Waals surface area (Å²) in [6.07, 6.45) is -15.7. The van der Waals surface area contributed by atoms with E-state index in [0.717, 1.165) is 33.2 Å². The average molecular weight is 867 g/mol. The van der Waals surface area contributed by atoms with Gasteiger partial charge in [0.1, 0.15) is 49.3 Å². The van der Waals surface area contributed by atoms with Crippen LogP contribution in [-0.4, -0.2) is 146 Å². The lowest BCUT2D eigenvalue weighted by Crippen LogP contribution is -2.61. The third-order valence-electron chi connectivity index (χ3n) is 8.57. The first kappa shape index (κ1) is 45.7. The van der Waals surface area contributed by atoms with Crippen LogP contribution in [0.15, 0.2) is 64.3 Å². The van der Waals surface area contributed by atoms with Gasteiger partial charge in [0.25, 0.3) is 11.5 Å². The Bertz CT molecular complexity index is 2040. The highest BCUT2D eigenvalue weighted by Gasteiger charge is 2.49. The molecule has 2 saturated heterocycles. The molecule has 58 heavy (non-hydrogen) atoms. The number of aromatic amines is 1. The molecule has 5 rings (SSSR count). The largest absolute Gasteiger partial charge is 0.483 e. The first-order valence-electron chi connectivity index (χ1n) is 17.5. The second kappa shape index (κ2) is 20.8. The van der Waals surface area contributed by atoms with Crippen molar-refractivity contribution >= 4 is 32.3 Å². The van der Waals surface area contributed by atoms with E-state index in [4.69, 9.17) is 23.7 Å². The van der Waals surface area contributed by atoms with Crippen molar-refractivity contribution in [3.63, 3.8) is 0 Å². The van der Waals surface area contributed by atoms with Crippen LogP contribution in [0.4, 0.5) is 0 Å². The third kappa shape index (κ3) is 12.8. The number of amides is 1. The number of aliphatic hydroxyl groups is 5. The molecule has 3 heterocycles. The molecule has 1 aromatic heterocycles. The lowest BCUT2D eigenvalue weighted by atomic mass is 9.99. The number of benzene rings is 2. The van der Waals surface area contributed by atoms with Crippen LogP contribution in [0.1, 0.15) is 11.8 Å². The van der Waals surface area contributed by atoms with E-state index in [9.17, 15) is 58.8 Å². The standard InChI is InChI=1S/C32H44N4O20P2/c37-23-7-8-36(32(44)34-23)30-28(42)26(40)22(53-30)16-52-57(45,46)56-58(47,48)55-31-29(43)27(41)25(39)21(54-31)14-33-35-24(38)17-51-12-10-49-9-11-50-15-18-5-6-19-3-1-2-4-20(19)13-18/h1-8,13,21-22,25-31,33,39-43H,9-12,14-17H2,(H,35,38)(H,45,46)(H,47,48)(H,34,37,44)/t21-,22+,25-,26+,27-,28+,29-,30+,31+/m0/s1. The molecule has 10 N–H and O–H groups in total. The van der Waals surface area contributed by atoms with Crippen molar-refractivity contribution in [2.75, 3.05) is 46.2 Å². The number of ether oxygens (including phenoxy) is 5. The fourth-order valence-corrected chi connectivity index (χ4v) is 7.83. The number of aliphatic hydroxyl groups excluding tert-OH is 5. The van der Waals surface area contributed by atoms with Gasteiger partial charge in [-0.15, -0.1) is 0 Å². The van der Waals surface area contributed by atoms with Crippen molar-refractivity contribution in [2.24, 2.45) is 0 Å². The summed E-state index contributed by atoms with van der Waals surface area (Å²) in [6, 6.07) is 15.0. The van der Waals surface area contributed by atoms with Crippen molar-refractivity contribution in [3.8, 4) is 0 Å². The van der Waals surface area contributed by atoms with Crippen LogP contribution in [0.5, 0.6) is 0 Å². The Morgan fingerprint density at radius 1 is 0.793 bits per heavy atom. The maximum atomic E-state index is 12.6. The highest BCUT2D eigenvalue weighted by atomic mass is 31.3. The van der Waals surface area contributed by atoms with Gasteiger partial charge in [0, 0.05) is 18.8 Å². The van der Waals surface area contributed by atoms with Gasteiger partial charge in [0.2, 0.25) is 0 Å². The Kier molecular flexibility index (Phi) is 16.4. The van der Waals surface area contributed by atoms with Crippen molar-refractivity contribution in [1.29, 1.82) is 0 Å². The Hall–Kier alpha value is -3.33. The highest BCUT2D eigenvalue weighted by molar-refractivity contribution is 7.61. The lowest BCUT2D eigenvalue weighted by molar-refractivity contribution is -0.274. The monoisotopic (exact) mass is 866 g/mol. The van der Waals surface area contributed by atoms with Gasteiger partial charge in [-0.2, -0.15) is 4.31 Å². The van der Waals surface area contributed by atoms with Crippen molar-refractivity contribution in [3.05, 3.63) is 81.1 Å². The first-order valence-corrected chi connectivity index (χ1v) is 20.5. The van der Waals surface area contributed by atoms with E-state index in [-0.39, 0.29) is 13.2 Å². The van der Waals surface area contributed by atoms with Crippen molar-refractivity contribution in [2.45, 2.75) is 61.9 Å². The van der Waals surface area contributed by atoms with Crippen molar-refractivity contribution < 1.29 is 86.3 Å². The summed E-state index contributed by atoms with van der Waals surface area (Å²) in [5, 5.41) is 53.8. The van der Waals surface area contributed by atoms with Gasteiger partial charge >= 0.3 is 21.3 Å². The zero-order valence-corrected chi connectivity index (χ0v) is 32.1. The number of hydrogen-bond donors (Lipinski definition) is 10. The van der Waals surface area contributed by atoms with E-state index in [1.54, 1.807) is 0 Å². The fraction of sp³-hybridized carbons (Fsp3) is 0.531. The molecule has 0 saturated carbocycles. The molecule has 3 aromatic rings. The number of hydrazine groups is 1. The Morgan fingerprint density at radius 3 is 2.22 bits per heavy atom.